The Morgan fingerprint density at radius 1 is 1.00 bits per heavy atom. The monoisotopic (exact) mass is 382 g/mol. The summed E-state index contributed by atoms with van der Waals surface area (Å²) in [4.78, 5) is 23.0. The zero-order valence-electron chi connectivity index (χ0n) is 12.6. The Hall–Kier alpha value is -2.01. The highest BCUT2D eigenvalue weighted by atomic mass is 35.5. The van der Waals surface area contributed by atoms with Crippen LogP contribution in [0.25, 0.3) is 6.08 Å². The van der Waals surface area contributed by atoms with Crippen molar-refractivity contribution in [3.63, 3.8) is 0 Å². The largest absolute Gasteiger partial charge is 0.325 e. The summed E-state index contributed by atoms with van der Waals surface area (Å²) in [5.41, 5.74) is 1.61. The van der Waals surface area contributed by atoms with Gasteiger partial charge in [-0.2, -0.15) is 0 Å². The van der Waals surface area contributed by atoms with E-state index < -0.39 is 0 Å². The Morgan fingerprint density at radius 3 is 2.42 bits per heavy atom. The van der Waals surface area contributed by atoms with Crippen molar-refractivity contribution in [3.8, 4) is 0 Å². The standard InChI is InChI=1S/C17H13Cl3N2O2/c1-10(23)21-15-7-6-12(9-14(15)19)22-16(24)8-5-11-3-2-4-13(18)17(11)20/h2-9H,1H3,(H,21,23)(H,22,24). The number of anilines is 2. The van der Waals surface area contributed by atoms with Gasteiger partial charge in [0.25, 0.3) is 0 Å². The fourth-order valence-corrected chi connectivity index (χ4v) is 2.48. The molecule has 124 valence electrons. The summed E-state index contributed by atoms with van der Waals surface area (Å²) in [6.07, 6.45) is 2.91. The number of benzene rings is 2. The number of nitrogens with one attached hydrogen (secondary N) is 2. The first kappa shape index (κ1) is 18.3. The Morgan fingerprint density at radius 2 is 1.75 bits per heavy atom. The highest BCUT2D eigenvalue weighted by Crippen LogP contribution is 2.27. The Balaban J connectivity index is 2.07. The zero-order valence-corrected chi connectivity index (χ0v) is 14.8. The predicted octanol–water partition coefficient (Wildman–Crippen LogP) is 5.26. The molecular weight excluding hydrogens is 371 g/mol. The number of amides is 2. The molecule has 0 aliphatic rings. The summed E-state index contributed by atoms with van der Waals surface area (Å²) >= 11 is 18.0. The molecule has 0 heterocycles. The molecule has 0 saturated heterocycles. The predicted molar refractivity (Wildman–Crippen MR) is 99.9 cm³/mol. The topological polar surface area (TPSA) is 58.2 Å². The fraction of sp³-hybridized carbons (Fsp3) is 0.0588. The maximum atomic E-state index is 12.0. The minimum absolute atomic E-state index is 0.227. The van der Waals surface area contributed by atoms with E-state index in [4.69, 9.17) is 34.8 Å². The van der Waals surface area contributed by atoms with Crippen molar-refractivity contribution in [1.82, 2.24) is 0 Å². The maximum absolute atomic E-state index is 12.0. The molecule has 0 radical (unpaired) electrons. The summed E-state index contributed by atoms with van der Waals surface area (Å²) in [5, 5.41) is 6.38. The van der Waals surface area contributed by atoms with Gasteiger partial charge in [0, 0.05) is 18.7 Å². The van der Waals surface area contributed by atoms with Gasteiger partial charge in [0.05, 0.1) is 20.8 Å². The number of carbonyl (C=O) groups is 2. The quantitative estimate of drug-likeness (QED) is 0.708. The lowest BCUT2D eigenvalue weighted by Gasteiger charge is -2.08. The molecule has 24 heavy (non-hydrogen) atoms. The van der Waals surface area contributed by atoms with Gasteiger partial charge in [-0.25, -0.2) is 0 Å². The minimum atomic E-state index is -0.352. The summed E-state index contributed by atoms with van der Waals surface area (Å²) in [5.74, 6) is -0.579. The molecule has 0 aromatic heterocycles. The highest BCUT2D eigenvalue weighted by molar-refractivity contribution is 6.43. The van der Waals surface area contributed by atoms with E-state index in [9.17, 15) is 9.59 Å². The van der Waals surface area contributed by atoms with Crippen LogP contribution in [0.3, 0.4) is 0 Å². The first-order valence-corrected chi connectivity index (χ1v) is 8.00. The SMILES string of the molecule is CC(=O)Nc1ccc(NC(=O)C=Cc2cccc(Cl)c2Cl)cc1Cl. The molecule has 0 spiro atoms. The third-order valence-corrected chi connectivity index (χ3v) is 4.09. The van der Waals surface area contributed by atoms with Crippen LogP contribution < -0.4 is 10.6 Å². The van der Waals surface area contributed by atoms with Gasteiger partial charge in [-0.3, -0.25) is 9.59 Å². The van der Waals surface area contributed by atoms with E-state index in [0.29, 0.717) is 32.0 Å². The molecule has 0 fully saturated rings. The maximum Gasteiger partial charge on any atom is 0.248 e. The molecule has 0 bridgehead atoms. The van der Waals surface area contributed by atoms with E-state index in [1.807, 2.05) is 0 Å². The van der Waals surface area contributed by atoms with Gasteiger partial charge in [-0.15, -0.1) is 0 Å². The van der Waals surface area contributed by atoms with Crippen molar-refractivity contribution >= 4 is 64.1 Å². The molecule has 2 aromatic rings. The molecule has 2 amide bonds. The van der Waals surface area contributed by atoms with Crippen molar-refractivity contribution < 1.29 is 9.59 Å². The van der Waals surface area contributed by atoms with Gasteiger partial charge < -0.3 is 10.6 Å². The molecule has 2 N–H and O–H groups in total. The molecule has 4 nitrogen and oxygen atoms in total. The van der Waals surface area contributed by atoms with Crippen molar-refractivity contribution in [3.05, 3.63) is 63.1 Å². The van der Waals surface area contributed by atoms with Crippen molar-refractivity contribution in [1.29, 1.82) is 0 Å². The van der Waals surface area contributed by atoms with E-state index in [1.54, 1.807) is 42.5 Å². The third kappa shape index (κ3) is 4.99. The van der Waals surface area contributed by atoms with Crippen LogP contribution in [0.5, 0.6) is 0 Å². The number of carbonyl (C=O) groups excluding carboxylic acids is 2. The second-order valence-corrected chi connectivity index (χ2v) is 6.03. The number of hydrogen-bond acceptors (Lipinski definition) is 2. The third-order valence-electron chi connectivity index (χ3n) is 2.94. The van der Waals surface area contributed by atoms with Gasteiger partial charge >= 0.3 is 0 Å². The first-order chi connectivity index (χ1) is 11.4. The highest BCUT2D eigenvalue weighted by Gasteiger charge is 2.06. The molecule has 2 aromatic carbocycles. The van der Waals surface area contributed by atoms with Crippen LogP contribution in [0.1, 0.15) is 12.5 Å². The van der Waals surface area contributed by atoms with E-state index in [1.165, 1.54) is 13.0 Å². The second-order valence-electron chi connectivity index (χ2n) is 4.84. The van der Waals surface area contributed by atoms with E-state index >= 15 is 0 Å². The van der Waals surface area contributed by atoms with Gasteiger partial charge in [0.15, 0.2) is 0 Å². The molecule has 0 saturated carbocycles. The van der Waals surface area contributed by atoms with Crippen LogP contribution in [0.4, 0.5) is 11.4 Å². The summed E-state index contributed by atoms with van der Waals surface area (Å²) in [6, 6.07) is 9.94. The van der Waals surface area contributed by atoms with Gasteiger partial charge in [0.2, 0.25) is 11.8 Å². The van der Waals surface area contributed by atoms with Crippen LogP contribution in [0.2, 0.25) is 15.1 Å². The molecule has 0 aliphatic heterocycles. The van der Waals surface area contributed by atoms with Gasteiger partial charge in [-0.05, 0) is 35.9 Å². The lowest BCUT2D eigenvalue weighted by atomic mass is 10.2. The summed E-state index contributed by atoms with van der Waals surface area (Å²) in [7, 11) is 0. The second kappa shape index (κ2) is 8.20. The van der Waals surface area contributed by atoms with Crippen molar-refractivity contribution in [2.24, 2.45) is 0 Å². The smallest absolute Gasteiger partial charge is 0.248 e. The Kier molecular flexibility index (Phi) is 6.26. The van der Waals surface area contributed by atoms with Gasteiger partial charge in [0.1, 0.15) is 0 Å². The van der Waals surface area contributed by atoms with Crippen LogP contribution in [0, 0.1) is 0 Å². The fourth-order valence-electron chi connectivity index (χ4n) is 1.88. The average molecular weight is 384 g/mol. The minimum Gasteiger partial charge on any atom is -0.325 e. The lowest BCUT2D eigenvalue weighted by Crippen LogP contribution is -2.09. The van der Waals surface area contributed by atoms with Crippen LogP contribution in [-0.2, 0) is 9.59 Å². The molecule has 0 atom stereocenters. The van der Waals surface area contributed by atoms with Crippen LogP contribution >= 0.6 is 34.8 Å². The molecule has 2 rings (SSSR count). The van der Waals surface area contributed by atoms with E-state index in [2.05, 4.69) is 10.6 Å². The molecule has 0 aliphatic carbocycles. The van der Waals surface area contributed by atoms with Crippen LogP contribution in [0.15, 0.2) is 42.5 Å². The lowest BCUT2D eigenvalue weighted by molar-refractivity contribution is -0.114. The van der Waals surface area contributed by atoms with Crippen LogP contribution in [-0.4, -0.2) is 11.8 Å². The molecule has 0 unspecified atom stereocenters. The van der Waals surface area contributed by atoms with E-state index in [-0.39, 0.29) is 11.8 Å². The van der Waals surface area contributed by atoms with E-state index in [0.717, 1.165) is 0 Å². The average Bonchev–Trinajstić information content (AvgIpc) is 2.51. The first-order valence-electron chi connectivity index (χ1n) is 6.87. The van der Waals surface area contributed by atoms with Crippen molar-refractivity contribution in [2.75, 3.05) is 10.6 Å². The Labute approximate surface area is 154 Å². The summed E-state index contributed by atoms with van der Waals surface area (Å²) < 4.78 is 0. The number of halogens is 3. The normalized spacial score (nSPS) is 10.7. The summed E-state index contributed by atoms with van der Waals surface area (Å²) in [6.45, 7) is 1.39. The Bertz CT molecular complexity index is 819. The molecule has 7 heteroatoms. The number of rotatable bonds is 4. The molecular formula is C17H13Cl3N2O2. The number of hydrogen-bond donors (Lipinski definition) is 2. The van der Waals surface area contributed by atoms with Gasteiger partial charge in [-0.1, -0.05) is 46.9 Å². The van der Waals surface area contributed by atoms with Crippen molar-refractivity contribution in [2.45, 2.75) is 6.92 Å². The zero-order chi connectivity index (χ0) is 17.7.